The summed E-state index contributed by atoms with van der Waals surface area (Å²) in [4.78, 5) is 12.6. The fourth-order valence-corrected chi connectivity index (χ4v) is 3.97. The molecule has 7 nitrogen and oxygen atoms in total. The van der Waals surface area contributed by atoms with E-state index < -0.39 is 0 Å². The van der Waals surface area contributed by atoms with Crippen LogP contribution in [0.1, 0.15) is 5.56 Å². The predicted molar refractivity (Wildman–Crippen MR) is 124 cm³/mol. The minimum absolute atomic E-state index is 0.136. The second kappa shape index (κ2) is 10.4. The van der Waals surface area contributed by atoms with E-state index in [2.05, 4.69) is 22.1 Å². The summed E-state index contributed by atoms with van der Waals surface area (Å²) in [6.45, 7) is 6.38. The van der Waals surface area contributed by atoms with Crippen LogP contribution in [0.25, 0.3) is 11.4 Å². The van der Waals surface area contributed by atoms with Crippen molar-refractivity contribution in [1.82, 2.24) is 14.8 Å². The normalized spacial score (nSPS) is 10.6. The number of thioether (sulfide) groups is 1. The van der Waals surface area contributed by atoms with Gasteiger partial charge in [-0.1, -0.05) is 53.7 Å². The number of aryl methyl sites for hydroxylation is 1. The van der Waals surface area contributed by atoms with Crippen molar-refractivity contribution in [3.05, 3.63) is 59.6 Å². The van der Waals surface area contributed by atoms with Crippen molar-refractivity contribution in [2.75, 3.05) is 25.3 Å². The number of methoxy groups -OCH3 is 2. The lowest BCUT2D eigenvalue weighted by Crippen LogP contribution is -2.15. The van der Waals surface area contributed by atoms with Crippen LogP contribution in [0.3, 0.4) is 0 Å². The Morgan fingerprint density at radius 3 is 2.65 bits per heavy atom. The number of hydrogen-bond donors (Lipinski definition) is 1. The molecule has 1 aromatic heterocycles. The minimum Gasteiger partial charge on any atom is -0.495 e. The van der Waals surface area contributed by atoms with Crippen LogP contribution in [0.5, 0.6) is 11.5 Å². The second-order valence-corrected chi connectivity index (χ2v) is 7.89. The summed E-state index contributed by atoms with van der Waals surface area (Å²) in [6, 6.07) is 11.2. The molecule has 0 saturated carbocycles. The first-order chi connectivity index (χ1) is 15.0. The van der Waals surface area contributed by atoms with Gasteiger partial charge in [0.05, 0.1) is 30.7 Å². The third-order valence-corrected chi connectivity index (χ3v) is 5.76. The zero-order chi connectivity index (χ0) is 22.4. The summed E-state index contributed by atoms with van der Waals surface area (Å²) in [5, 5.41) is 12.5. The average Bonchev–Trinajstić information content (AvgIpc) is 3.16. The van der Waals surface area contributed by atoms with Crippen LogP contribution in [0.4, 0.5) is 5.69 Å². The van der Waals surface area contributed by atoms with E-state index in [4.69, 9.17) is 21.1 Å². The molecule has 31 heavy (non-hydrogen) atoms. The molecule has 162 valence electrons. The highest BCUT2D eigenvalue weighted by Crippen LogP contribution is 2.36. The molecule has 0 spiro atoms. The summed E-state index contributed by atoms with van der Waals surface area (Å²) in [7, 11) is 3.01. The number of carbonyl (C=O) groups excluding carboxylic acids is 1. The van der Waals surface area contributed by atoms with Gasteiger partial charge in [0.1, 0.15) is 11.5 Å². The Kier molecular flexibility index (Phi) is 7.59. The van der Waals surface area contributed by atoms with E-state index in [1.54, 1.807) is 18.2 Å². The number of aromatic nitrogens is 3. The first kappa shape index (κ1) is 22.7. The van der Waals surface area contributed by atoms with Gasteiger partial charge in [0, 0.05) is 24.2 Å². The third-order valence-electron chi connectivity index (χ3n) is 4.49. The Morgan fingerprint density at radius 2 is 1.97 bits per heavy atom. The molecule has 0 unspecified atom stereocenters. The number of nitrogens with zero attached hydrogens (tertiary/aromatic N) is 3. The highest BCUT2D eigenvalue weighted by molar-refractivity contribution is 7.99. The van der Waals surface area contributed by atoms with E-state index in [1.165, 1.54) is 26.0 Å². The van der Waals surface area contributed by atoms with Gasteiger partial charge in [-0.05, 0) is 12.5 Å². The zero-order valence-electron chi connectivity index (χ0n) is 17.5. The van der Waals surface area contributed by atoms with Crippen molar-refractivity contribution >= 4 is 35.0 Å². The highest BCUT2D eigenvalue weighted by atomic mass is 35.5. The SMILES string of the molecule is C=CCn1c(SCC(=O)Nc2cc(OC)c(Cl)cc2OC)nnc1-c1ccccc1C. The summed E-state index contributed by atoms with van der Waals surface area (Å²) >= 11 is 7.41. The van der Waals surface area contributed by atoms with Crippen LogP contribution in [0, 0.1) is 6.92 Å². The summed E-state index contributed by atoms with van der Waals surface area (Å²) in [5.41, 5.74) is 2.56. The second-order valence-electron chi connectivity index (χ2n) is 6.54. The van der Waals surface area contributed by atoms with Gasteiger partial charge in [-0.25, -0.2) is 0 Å². The van der Waals surface area contributed by atoms with E-state index in [0.717, 1.165) is 17.0 Å². The van der Waals surface area contributed by atoms with E-state index in [0.29, 0.717) is 33.9 Å². The number of hydrogen-bond acceptors (Lipinski definition) is 6. The molecular formula is C22H23ClN4O3S. The molecule has 0 bridgehead atoms. The van der Waals surface area contributed by atoms with Crippen LogP contribution in [-0.2, 0) is 11.3 Å². The number of amides is 1. The standard InChI is InChI=1S/C22H23ClN4O3S/c1-5-10-27-21(15-9-7-6-8-14(15)2)25-26-22(27)31-13-20(28)24-17-12-18(29-3)16(23)11-19(17)30-4/h5-9,11-12H,1,10,13H2,2-4H3,(H,24,28). The van der Waals surface area contributed by atoms with Crippen molar-refractivity contribution in [2.24, 2.45) is 0 Å². The Bertz CT molecular complexity index is 1100. The van der Waals surface area contributed by atoms with E-state index >= 15 is 0 Å². The Morgan fingerprint density at radius 1 is 1.23 bits per heavy atom. The number of carbonyl (C=O) groups is 1. The molecule has 1 N–H and O–H groups in total. The molecule has 3 rings (SSSR count). The van der Waals surface area contributed by atoms with E-state index in [1.807, 2.05) is 35.8 Å². The lowest BCUT2D eigenvalue weighted by molar-refractivity contribution is -0.113. The van der Waals surface area contributed by atoms with Crippen LogP contribution in [0.15, 0.2) is 54.2 Å². The number of halogens is 1. The molecule has 9 heteroatoms. The van der Waals surface area contributed by atoms with Gasteiger partial charge >= 0.3 is 0 Å². The average molecular weight is 459 g/mol. The van der Waals surface area contributed by atoms with E-state index in [-0.39, 0.29) is 11.7 Å². The molecule has 0 saturated heterocycles. The highest BCUT2D eigenvalue weighted by Gasteiger charge is 2.17. The fourth-order valence-electron chi connectivity index (χ4n) is 2.99. The monoisotopic (exact) mass is 458 g/mol. The van der Waals surface area contributed by atoms with Gasteiger partial charge in [0.2, 0.25) is 5.91 Å². The number of anilines is 1. The van der Waals surface area contributed by atoms with Crippen molar-refractivity contribution in [1.29, 1.82) is 0 Å². The lowest BCUT2D eigenvalue weighted by atomic mass is 10.1. The third kappa shape index (κ3) is 5.21. The van der Waals surface area contributed by atoms with Crippen LogP contribution >= 0.6 is 23.4 Å². The molecule has 3 aromatic rings. The smallest absolute Gasteiger partial charge is 0.234 e. The van der Waals surface area contributed by atoms with Crippen molar-refractivity contribution in [2.45, 2.75) is 18.6 Å². The first-order valence-corrected chi connectivity index (χ1v) is 10.8. The van der Waals surface area contributed by atoms with E-state index in [9.17, 15) is 4.79 Å². The zero-order valence-corrected chi connectivity index (χ0v) is 19.1. The molecule has 1 heterocycles. The largest absolute Gasteiger partial charge is 0.495 e. The summed E-state index contributed by atoms with van der Waals surface area (Å²) < 4.78 is 12.5. The lowest BCUT2D eigenvalue weighted by Gasteiger charge is -2.13. The quantitative estimate of drug-likeness (QED) is 0.365. The van der Waals surface area contributed by atoms with Gasteiger partial charge in [-0.3, -0.25) is 9.36 Å². The number of rotatable bonds is 9. The summed E-state index contributed by atoms with van der Waals surface area (Å²) in [6.07, 6.45) is 1.78. The Labute approximate surface area is 190 Å². The molecule has 2 aromatic carbocycles. The van der Waals surface area contributed by atoms with Gasteiger partial charge in [-0.2, -0.15) is 0 Å². The first-order valence-electron chi connectivity index (χ1n) is 9.42. The number of nitrogens with one attached hydrogen (secondary N) is 1. The van der Waals surface area contributed by atoms with Crippen molar-refractivity contribution in [3.63, 3.8) is 0 Å². The van der Waals surface area contributed by atoms with Gasteiger partial charge in [0.15, 0.2) is 11.0 Å². The molecule has 0 aliphatic heterocycles. The number of benzene rings is 2. The topological polar surface area (TPSA) is 78.3 Å². The number of ether oxygens (including phenoxy) is 2. The van der Waals surface area contributed by atoms with Gasteiger partial charge in [0.25, 0.3) is 0 Å². The molecule has 0 aliphatic rings. The number of allylic oxidation sites excluding steroid dienone is 1. The van der Waals surface area contributed by atoms with Gasteiger partial charge < -0.3 is 14.8 Å². The van der Waals surface area contributed by atoms with Crippen LogP contribution < -0.4 is 14.8 Å². The molecule has 0 atom stereocenters. The molecule has 0 aliphatic carbocycles. The Hall–Kier alpha value is -2.97. The maximum Gasteiger partial charge on any atom is 0.234 e. The van der Waals surface area contributed by atoms with Crippen LogP contribution in [-0.4, -0.2) is 40.6 Å². The maximum absolute atomic E-state index is 12.6. The molecule has 1 amide bonds. The molecule has 0 fully saturated rings. The molecular weight excluding hydrogens is 436 g/mol. The fraction of sp³-hybridized carbons (Fsp3) is 0.227. The van der Waals surface area contributed by atoms with Gasteiger partial charge in [-0.15, -0.1) is 16.8 Å². The van der Waals surface area contributed by atoms with Crippen LogP contribution in [0.2, 0.25) is 5.02 Å². The summed E-state index contributed by atoms with van der Waals surface area (Å²) in [5.74, 6) is 1.54. The van der Waals surface area contributed by atoms with Crippen molar-refractivity contribution in [3.8, 4) is 22.9 Å². The molecule has 0 radical (unpaired) electrons. The predicted octanol–water partition coefficient (Wildman–Crippen LogP) is 4.84. The Balaban J connectivity index is 1.77. The maximum atomic E-state index is 12.6. The van der Waals surface area contributed by atoms with Crippen molar-refractivity contribution < 1.29 is 14.3 Å². The minimum atomic E-state index is -0.224.